The molecule has 0 aliphatic rings. The zero-order valence-electron chi connectivity index (χ0n) is 23.3. The zero-order valence-corrected chi connectivity index (χ0v) is 23.3. The molecule has 0 aliphatic carbocycles. The van der Waals surface area contributed by atoms with Crippen LogP contribution in [0.4, 0.5) is 0 Å². The van der Waals surface area contributed by atoms with Crippen LogP contribution in [0.3, 0.4) is 0 Å². The minimum atomic E-state index is -0.951. The Bertz CT molecular complexity index is 1190. The third-order valence-electron chi connectivity index (χ3n) is 7.32. The zero-order chi connectivity index (χ0) is 28.6. The summed E-state index contributed by atoms with van der Waals surface area (Å²) >= 11 is 0. The van der Waals surface area contributed by atoms with Crippen molar-refractivity contribution in [3.8, 4) is 0 Å². The molecule has 0 spiro atoms. The van der Waals surface area contributed by atoms with Gasteiger partial charge in [-0.05, 0) is 28.7 Å². The van der Waals surface area contributed by atoms with Gasteiger partial charge in [0.25, 0.3) is 0 Å². The van der Waals surface area contributed by atoms with Gasteiger partial charge in [0.15, 0.2) is 0 Å². The van der Waals surface area contributed by atoms with E-state index in [4.69, 9.17) is 0 Å². The average Bonchev–Trinajstić information content (AvgIpc) is 2.99. The van der Waals surface area contributed by atoms with E-state index in [2.05, 4.69) is 6.92 Å². The van der Waals surface area contributed by atoms with Crippen LogP contribution in [-0.2, 0) is 15.0 Å². The maximum Gasteiger partial charge on any atom is 0.318 e. The highest BCUT2D eigenvalue weighted by Gasteiger charge is 2.41. The van der Waals surface area contributed by atoms with Gasteiger partial charge in [0, 0.05) is 0 Å². The van der Waals surface area contributed by atoms with Crippen molar-refractivity contribution in [1.82, 2.24) is 0 Å². The number of hydrogen-bond donors (Lipinski definition) is 2. The van der Waals surface area contributed by atoms with Gasteiger partial charge in [-0.25, -0.2) is 0 Å². The van der Waals surface area contributed by atoms with Crippen LogP contribution in [0.5, 0.6) is 0 Å². The molecule has 0 atom stereocenters. The van der Waals surface area contributed by atoms with Gasteiger partial charge in [-0.15, -0.1) is 0 Å². The first-order chi connectivity index (χ1) is 19.5. The molecule has 0 unspecified atom stereocenters. The molecule has 4 heteroatoms. The highest BCUT2D eigenvalue weighted by molar-refractivity contribution is 5.86. The van der Waals surface area contributed by atoms with Gasteiger partial charge in [0.05, 0.1) is 0 Å². The molecular weight excluding hydrogens is 496 g/mol. The Kier molecular flexibility index (Phi) is 12.2. The smallest absolute Gasteiger partial charge is 0.318 e. The number of benzene rings is 4. The van der Waals surface area contributed by atoms with Crippen LogP contribution in [0.15, 0.2) is 121 Å². The molecule has 208 valence electrons. The minimum absolute atomic E-state index is 0.581. The van der Waals surface area contributed by atoms with Gasteiger partial charge < -0.3 is 10.2 Å². The third kappa shape index (κ3) is 8.16. The molecule has 0 aromatic heterocycles. The quantitative estimate of drug-likeness (QED) is 0.168. The van der Waals surface area contributed by atoms with Crippen LogP contribution >= 0.6 is 0 Å². The van der Waals surface area contributed by atoms with Crippen LogP contribution in [-0.4, -0.2) is 22.2 Å². The van der Waals surface area contributed by atoms with Crippen molar-refractivity contribution >= 4 is 11.9 Å². The molecule has 40 heavy (non-hydrogen) atoms. The summed E-state index contributed by atoms with van der Waals surface area (Å²) in [5.74, 6) is -2.16. The second-order valence-corrected chi connectivity index (χ2v) is 10.1. The molecule has 0 saturated heterocycles. The number of carbonyl (C=O) groups is 2. The molecule has 0 radical (unpaired) electrons. The van der Waals surface area contributed by atoms with Crippen molar-refractivity contribution in [2.45, 2.75) is 63.2 Å². The number of carboxylic acid groups (broad SMARTS) is 2. The number of unbranched alkanes of at least 4 members (excludes halogenated alkanes) is 5. The Labute approximate surface area is 238 Å². The van der Waals surface area contributed by atoms with Crippen molar-refractivity contribution in [3.63, 3.8) is 0 Å². The molecule has 4 rings (SSSR count). The fourth-order valence-corrected chi connectivity index (χ4v) is 5.19. The van der Waals surface area contributed by atoms with Gasteiger partial charge in [-0.1, -0.05) is 167 Å². The van der Waals surface area contributed by atoms with E-state index in [9.17, 15) is 19.8 Å². The topological polar surface area (TPSA) is 74.6 Å². The molecular formula is C36H40O4. The van der Waals surface area contributed by atoms with Gasteiger partial charge in [-0.2, -0.15) is 0 Å². The van der Waals surface area contributed by atoms with Crippen molar-refractivity contribution in [1.29, 1.82) is 0 Å². The van der Waals surface area contributed by atoms with Crippen LogP contribution in [0.25, 0.3) is 0 Å². The number of aliphatic carboxylic acids is 2. The monoisotopic (exact) mass is 536 g/mol. The predicted molar refractivity (Wildman–Crippen MR) is 162 cm³/mol. The number of rotatable bonds is 13. The maximum atomic E-state index is 12.4. The van der Waals surface area contributed by atoms with E-state index in [1.807, 2.05) is 121 Å². The lowest BCUT2D eigenvalue weighted by molar-refractivity contribution is -0.142. The Morgan fingerprint density at radius 1 is 0.575 bits per heavy atom. The normalized spacial score (nSPS) is 10.9. The Morgan fingerprint density at radius 2 is 0.950 bits per heavy atom. The maximum absolute atomic E-state index is 12.4. The summed E-state index contributed by atoms with van der Waals surface area (Å²) in [5, 5.41) is 19.5. The summed E-state index contributed by atoms with van der Waals surface area (Å²) in [7, 11) is 0. The van der Waals surface area contributed by atoms with E-state index in [0.29, 0.717) is 6.42 Å². The van der Waals surface area contributed by atoms with Crippen molar-refractivity contribution in [3.05, 3.63) is 144 Å². The van der Waals surface area contributed by atoms with Gasteiger partial charge in [-0.3, -0.25) is 9.59 Å². The van der Waals surface area contributed by atoms with E-state index >= 15 is 0 Å². The first kappa shape index (κ1) is 30.4. The van der Waals surface area contributed by atoms with Crippen LogP contribution in [0.1, 0.15) is 80.0 Å². The number of hydrogen-bond acceptors (Lipinski definition) is 2. The Hall–Kier alpha value is -4.18. The van der Waals surface area contributed by atoms with Gasteiger partial charge in [0.2, 0.25) is 0 Å². The lowest BCUT2D eigenvalue weighted by Crippen LogP contribution is -2.37. The highest BCUT2D eigenvalue weighted by atomic mass is 16.4. The molecule has 2 N–H and O–H groups in total. The van der Waals surface area contributed by atoms with E-state index in [1.54, 1.807) is 0 Å². The van der Waals surface area contributed by atoms with E-state index in [1.165, 1.54) is 25.7 Å². The van der Waals surface area contributed by atoms with Crippen LogP contribution < -0.4 is 0 Å². The average molecular weight is 537 g/mol. The Balaban J connectivity index is 0.000000238. The molecule has 0 bridgehead atoms. The van der Waals surface area contributed by atoms with Crippen LogP contribution in [0.2, 0.25) is 0 Å². The lowest BCUT2D eigenvalue weighted by atomic mass is 9.71. The molecule has 4 nitrogen and oxygen atoms in total. The first-order valence-electron chi connectivity index (χ1n) is 14.2. The summed E-state index contributed by atoms with van der Waals surface area (Å²) in [6, 6.07) is 37.9. The molecule has 0 fully saturated rings. The molecule has 4 aromatic carbocycles. The van der Waals surface area contributed by atoms with Crippen LogP contribution in [0, 0.1) is 0 Å². The largest absolute Gasteiger partial charge is 0.481 e. The molecule has 0 aliphatic heterocycles. The summed E-state index contributed by atoms with van der Waals surface area (Å²) in [6.45, 7) is 2.21. The minimum Gasteiger partial charge on any atom is -0.481 e. The predicted octanol–water partition coefficient (Wildman–Crippen LogP) is 8.71. The molecule has 0 amide bonds. The van der Waals surface area contributed by atoms with Crippen molar-refractivity contribution in [2.75, 3.05) is 0 Å². The Morgan fingerprint density at radius 3 is 1.32 bits per heavy atom. The highest BCUT2D eigenvalue weighted by Crippen LogP contribution is 2.38. The lowest BCUT2D eigenvalue weighted by Gasteiger charge is -2.31. The fourth-order valence-electron chi connectivity index (χ4n) is 5.19. The van der Waals surface area contributed by atoms with E-state index in [-0.39, 0.29) is 0 Å². The SMILES string of the molecule is CCCCCCCCC(C(=O)O)(c1ccccc1)c1ccccc1.O=C(O)C(c1ccccc1)c1ccccc1. The second kappa shape index (κ2) is 16.0. The van der Waals surface area contributed by atoms with E-state index < -0.39 is 23.3 Å². The second-order valence-electron chi connectivity index (χ2n) is 10.1. The summed E-state index contributed by atoms with van der Waals surface area (Å²) < 4.78 is 0. The molecule has 0 saturated carbocycles. The molecule has 4 aromatic rings. The summed E-state index contributed by atoms with van der Waals surface area (Å²) in [4.78, 5) is 23.7. The fraction of sp³-hybridized carbons (Fsp3) is 0.278. The van der Waals surface area contributed by atoms with Crippen molar-refractivity contribution < 1.29 is 19.8 Å². The molecule has 0 heterocycles. The van der Waals surface area contributed by atoms with E-state index in [0.717, 1.165) is 35.1 Å². The summed E-state index contributed by atoms with van der Waals surface area (Å²) in [6.07, 6.45) is 7.59. The first-order valence-corrected chi connectivity index (χ1v) is 14.2. The standard InChI is InChI=1S/C22H28O2.C14H12O2/c1-2-3-4-5-6-13-18-22(21(23)24,19-14-9-7-10-15-19)20-16-11-8-12-17-20;15-14(16)13(11-7-3-1-4-8-11)12-9-5-2-6-10-12/h7-12,14-17H,2-6,13,18H2,1H3,(H,23,24);1-10,13H,(H,15,16). The van der Waals surface area contributed by atoms with Gasteiger partial charge in [0.1, 0.15) is 11.3 Å². The number of carboxylic acids is 2. The summed E-state index contributed by atoms with van der Waals surface area (Å²) in [5.41, 5.74) is 2.41. The van der Waals surface area contributed by atoms with Crippen molar-refractivity contribution in [2.24, 2.45) is 0 Å². The third-order valence-corrected chi connectivity index (χ3v) is 7.32. The van der Waals surface area contributed by atoms with Gasteiger partial charge >= 0.3 is 11.9 Å².